The van der Waals surface area contributed by atoms with Crippen LogP contribution in [0.5, 0.6) is 0 Å². The summed E-state index contributed by atoms with van der Waals surface area (Å²) in [5, 5.41) is 0. The van der Waals surface area contributed by atoms with Crippen LogP contribution in [0.1, 0.15) is 51.9 Å². The Kier molecular flexibility index (Phi) is 4.24. The summed E-state index contributed by atoms with van der Waals surface area (Å²) in [7, 11) is 0. The lowest BCUT2D eigenvalue weighted by atomic mass is 9.81. The molecule has 1 aliphatic carbocycles. The first-order valence-corrected chi connectivity index (χ1v) is 10.0. The second-order valence-electron chi connectivity index (χ2n) is 7.89. The normalized spacial score (nSPS) is 16.0. The Labute approximate surface area is 170 Å². The van der Waals surface area contributed by atoms with Crippen LogP contribution in [-0.2, 0) is 17.8 Å². The summed E-state index contributed by atoms with van der Waals surface area (Å²) in [6, 6.07) is 18.7. The highest BCUT2D eigenvalue weighted by Gasteiger charge is 2.27. The maximum absolute atomic E-state index is 12.9. The molecule has 2 heterocycles. The Hall–Kier alpha value is -3.33. The van der Waals surface area contributed by atoms with Gasteiger partial charge < -0.3 is 0 Å². The van der Waals surface area contributed by atoms with E-state index in [0.717, 1.165) is 33.7 Å². The molecule has 1 aromatic heterocycles. The Balaban J connectivity index is 1.56. The number of ketones is 1. The summed E-state index contributed by atoms with van der Waals surface area (Å²) >= 11 is 0. The van der Waals surface area contributed by atoms with E-state index in [1.54, 1.807) is 0 Å². The minimum atomic E-state index is 0.0843. The minimum Gasteiger partial charge on any atom is -0.294 e. The Morgan fingerprint density at radius 2 is 1.83 bits per heavy atom. The number of Topliss-reactive ketones (excluding diaryl/α,β-unsaturated/α-hetero) is 1. The summed E-state index contributed by atoms with van der Waals surface area (Å²) < 4.78 is 0. The van der Waals surface area contributed by atoms with E-state index in [0.29, 0.717) is 13.0 Å². The van der Waals surface area contributed by atoms with Crippen LogP contribution in [0.3, 0.4) is 0 Å². The average molecular weight is 378 g/mol. The van der Waals surface area contributed by atoms with Gasteiger partial charge in [0.1, 0.15) is 0 Å². The summed E-state index contributed by atoms with van der Waals surface area (Å²) in [4.78, 5) is 22.0. The first-order chi connectivity index (χ1) is 14.1. The van der Waals surface area contributed by atoms with Gasteiger partial charge >= 0.3 is 0 Å². The topological polar surface area (TPSA) is 42.3 Å². The lowest BCUT2D eigenvalue weighted by Crippen LogP contribution is -2.17. The molecule has 0 fully saturated rings. The molecule has 2 aromatic carbocycles. The predicted octanol–water partition coefficient (Wildman–Crippen LogP) is 5.05. The number of rotatable bonds is 3. The number of aliphatic imine (C=N–C) groups is 1. The molecular formula is C26H22N2O. The highest BCUT2D eigenvalue weighted by atomic mass is 16.1. The van der Waals surface area contributed by atoms with Crippen molar-refractivity contribution in [3.05, 3.63) is 105 Å². The van der Waals surface area contributed by atoms with Crippen LogP contribution >= 0.6 is 0 Å². The molecule has 3 aromatic rings. The van der Waals surface area contributed by atoms with Gasteiger partial charge in [-0.15, -0.1) is 0 Å². The van der Waals surface area contributed by atoms with Crippen molar-refractivity contribution in [3.63, 3.8) is 0 Å². The van der Waals surface area contributed by atoms with Crippen LogP contribution in [0.15, 0.2) is 71.4 Å². The lowest BCUT2D eigenvalue weighted by molar-refractivity contribution is -0.115. The van der Waals surface area contributed by atoms with Gasteiger partial charge in [-0.25, -0.2) is 0 Å². The van der Waals surface area contributed by atoms with E-state index in [9.17, 15) is 4.79 Å². The number of pyridine rings is 1. The van der Waals surface area contributed by atoms with Crippen LogP contribution in [0.25, 0.3) is 6.08 Å². The smallest absolute Gasteiger partial charge is 0.163 e. The number of aryl methyl sites for hydroxylation is 1. The fraction of sp³-hybridized carbons (Fsp3) is 0.192. The second kappa shape index (κ2) is 6.93. The number of carbonyl (C=O) groups is 1. The first-order valence-electron chi connectivity index (χ1n) is 10.0. The van der Waals surface area contributed by atoms with E-state index < -0.39 is 0 Å². The molecule has 2 aliphatic rings. The van der Waals surface area contributed by atoms with Crippen LogP contribution in [-0.4, -0.2) is 16.5 Å². The number of aromatic nitrogens is 1. The average Bonchev–Trinajstić information content (AvgIpc) is 3.14. The number of hydrogen-bond acceptors (Lipinski definition) is 3. The largest absolute Gasteiger partial charge is 0.294 e. The molecule has 142 valence electrons. The standard InChI is InChI=1S/C26H22N2O/c1-16-10-19(8-9-27-16)26-24-13-21-12-23(17(2)18-6-4-3-5-7-18)25(29)14-20(21)11-22(24)15-28-26/h3-13,17H,14-15H2,1-2H3/t17-/m1/s1. The SMILES string of the molecule is Cc1cc(C2=NCc3cc4c(cc32)C=C([C@H](C)c2ccccc2)C(=O)C4)ccn1. The molecule has 0 unspecified atom stereocenters. The van der Waals surface area contributed by atoms with E-state index in [1.807, 2.05) is 37.4 Å². The fourth-order valence-corrected chi connectivity index (χ4v) is 4.35. The van der Waals surface area contributed by atoms with Gasteiger partial charge in [0.05, 0.1) is 12.3 Å². The van der Waals surface area contributed by atoms with Gasteiger partial charge in [0.15, 0.2) is 5.78 Å². The molecule has 0 saturated carbocycles. The summed E-state index contributed by atoms with van der Waals surface area (Å²) in [5.41, 5.74) is 9.80. The Bertz CT molecular complexity index is 1190. The molecule has 29 heavy (non-hydrogen) atoms. The van der Waals surface area contributed by atoms with Crippen LogP contribution < -0.4 is 0 Å². The van der Waals surface area contributed by atoms with Crippen molar-refractivity contribution >= 4 is 17.6 Å². The zero-order valence-corrected chi connectivity index (χ0v) is 16.6. The molecule has 0 saturated heterocycles. The van der Waals surface area contributed by atoms with Crippen LogP contribution in [0.4, 0.5) is 0 Å². The van der Waals surface area contributed by atoms with Gasteiger partial charge in [-0.2, -0.15) is 0 Å². The second-order valence-corrected chi connectivity index (χ2v) is 7.89. The van der Waals surface area contributed by atoms with Gasteiger partial charge in [-0.3, -0.25) is 14.8 Å². The maximum atomic E-state index is 12.9. The molecule has 1 aliphatic heterocycles. The number of benzene rings is 2. The van der Waals surface area contributed by atoms with Crippen molar-refractivity contribution < 1.29 is 4.79 Å². The lowest BCUT2D eigenvalue weighted by Gasteiger charge is -2.22. The van der Waals surface area contributed by atoms with Crippen molar-refractivity contribution in [3.8, 4) is 0 Å². The highest BCUT2D eigenvalue weighted by Crippen LogP contribution is 2.35. The third kappa shape index (κ3) is 3.13. The molecule has 3 heteroatoms. The number of carbonyl (C=O) groups excluding carboxylic acids is 1. The molecule has 0 spiro atoms. The van der Waals surface area contributed by atoms with Crippen molar-refractivity contribution in [1.82, 2.24) is 4.98 Å². The van der Waals surface area contributed by atoms with Gasteiger partial charge in [-0.1, -0.05) is 43.3 Å². The molecular weight excluding hydrogens is 356 g/mol. The number of allylic oxidation sites excluding steroid dienone is 1. The Morgan fingerprint density at radius 3 is 2.62 bits per heavy atom. The van der Waals surface area contributed by atoms with E-state index in [4.69, 9.17) is 4.99 Å². The third-order valence-corrected chi connectivity index (χ3v) is 5.95. The highest BCUT2D eigenvalue weighted by molar-refractivity contribution is 6.16. The molecule has 0 radical (unpaired) electrons. The minimum absolute atomic E-state index is 0.0843. The van der Waals surface area contributed by atoms with E-state index in [-0.39, 0.29) is 11.7 Å². The molecule has 0 amide bonds. The molecule has 1 atom stereocenters. The molecule has 0 N–H and O–H groups in total. The molecule has 5 rings (SSSR count). The monoisotopic (exact) mass is 378 g/mol. The number of fused-ring (bicyclic) bond motifs is 2. The summed E-state index contributed by atoms with van der Waals surface area (Å²) in [6.45, 7) is 4.78. The Morgan fingerprint density at radius 1 is 1.00 bits per heavy atom. The first kappa shape index (κ1) is 17.7. The zero-order valence-electron chi connectivity index (χ0n) is 16.6. The van der Waals surface area contributed by atoms with Crippen LogP contribution in [0, 0.1) is 6.92 Å². The van der Waals surface area contributed by atoms with E-state index in [2.05, 4.69) is 48.3 Å². The maximum Gasteiger partial charge on any atom is 0.163 e. The predicted molar refractivity (Wildman–Crippen MR) is 116 cm³/mol. The number of hydrogen-bond donors (Lipinski definition) is 0. The van der Waals surface area contributed by atoms with Crippen molar-refractivity contribution in [2.75, 3.05) is 0 Å². The third-order valence-electron chi connectivity index (χ3n) is 5.95. The summed E-state index contributed by atoms with van der Waals surface area (Å²) in [6.07, 6.45) is 4.39. The van der Waals surface area contributed by atoms with Crippen molar-refractivity contribution in [2.24, 2.45) is 4.99 Å². The quantitative estimate of drug-likeness (QED) is 0.640. The summed E-state index contributed by atoms with van der Waals surface area (Å²) in [5.74, 6) is 0.304. The van der Waals surface area contributed by atoms with Crippen molar-refractivity contribution in [2.45, 2.75) is 32.7 Å². The van der Waals surface area contributed by atoms with Gasteiger partial charge in [0, 0.05) is 40.9 Å². The van der Waals surface area contributed by atoms with Gasteiger partial charge in [-0.05, 0) is 53.5 Å². The molecule has 0 bridgehead atoms. The van der Waals surface area contributed by atoms with Gasteiger partial charge in [0.2, 0.25) is 0 Å². The van der Waals surface area contributed by atoms with Gasteiger partial charge in [0.25, 0.3) is 0 Å². The van der Waals surface area contributed by atoms with Crippen molar-refractivity contribution in [1.29, 1.82) is 0 Å². The fourth-order valence-electron chi connectivity index (χ4n) is 4.35. The van der Waals surface area contributed by atoms with E-state index >= 15 is 0 Å². The van der Waals surface area contributed by atoms with Crippen LogP contribution in [0.2, 0.25) is 0 Å². The molecule has 3 nitrogen and oxygen atoms in total. The zero-order chi connectivity index (χ0) is 20.0. The van der Waals surface area contributed by atoms with E-state index in [1.165, 1.54) is 16.7 Å². The number of nitrogens with zero attached hydrogens (tertiary/aromatic N) is 2.